The number of Topliss-reactive ketones (excluding diaryl/α,β-unsaturated/α-hetero) is 1. The van der Waals surface area contributed by atoms with Gasteiger partial charge in [0.1, 0.15) is 65.9 Å². The third kappa shape index (κ3) is 6.90. The molecule has 2 aromatic carbocycles. The molecule has 0 aromatic heterocycles. The molecule has 0 bridgehead atoms. The first kappa shape index (κ1) is 34.8. The second-order valence-corrected chi connectivity index (χ2v) is 12.2. The van der Waals surface area contributed by atoms with Crippen LogP contribution in [0.15, 0.2) is 35.9 Å². The topological polar surface area (TPSA) is 245 Å². The number of ether oxygens (including phenoxy) is 5. The van der Waals surface area contributed by atoms with Crippen molar-refractivity contribution in [3.63, 3.8) is 0 Å². The van der Waals surface area contributed by atoms with Gasteiger partial charge in [-0.15, -0.1) is 0 Å². The summed E-state index contributed by atoms with van der Waals surface area (Å²) in [7, 11) is 0. The van der Waals surface area contributed by atoms with Crippen molar-refractivity contribution in [1.82, 2.24) is 0 Å². The molecule has 0 aliphatic carbocycles. The van der Waals surface area contributed by atoms with Crippen LogP contribution in [0.5, 0.6) is 28.7 Å². The van der Waals surface area contributed by atoms with Gasteiger partial charge in [-0.1, -0.05) is 23.8 Å². The molecule has 15 nitrogen and oxygen atoms in total. The average molecular weight is 665 g/mol. The van der Waals surface area contributed by atoms with E-state index in [2.05, 4.69) is 0 Å². The van der Waals surface area contributed by atoms with Gasteiger partial charge in [-0.25, -0.2) is 0 Å². The maximum Gasteiger partial charge on any atom is 0.229 e. The third-order valence-electron chi connectivity index (χ3n) is 8.48. The van der Waals surface area contributed by atoms with Gasteiger partial charge in [0.2, 0.25) is 12.0 Å². The van der Waals surface area contributed by atoms with Crippen molar-refractivity contribution in [3.8, 4) is 28.7 Å². The molecule has 9 N–H and O–H groups in total. The molecule has 3 heterocycles. The summed E-state index contributed by atoms with van der Waals surface area (Å²) < 4.78 is 28.6. The number of allylic oxidation sites excluding steroid dienone is 2. The first-order valence-electron chi connectivity index (χ1n) is 15.1. The van der Waals surface area contributed by atoms with Crippen LogP contribution in [0.25, 0.3) is 0 Å². The lowest BCUT2D eigenvalue weighted by molar-refractivity contribution is -0.318. The Hall–Kier alpha value is -3.51. The molecule has 258 valence electrons. The van der Waals surface area contributed by atoms with E-state index >= 15 is 0 Å². The summed E-state index contributed by atoms with van der Waals surface area (Å²) in [5, 5.41) is 94.2. The molecular weight excluding hydrogens is 624 g/mol. The summed E-state index contributed by atoms with van der Waals surface area (Å²) in [6.45, 7) is 4.51. The first-order valence-corrected chi connectivity index (χ1v) is 15.1. The van der Waals surface area contributed by atoms with E-state index in [9.17, 15) is 50.8 Å². The normalized spacial score (nSPS) is 33.9. The Morgan fingerprint density at radius 1 is 0.851 bits per heavy atom. The lowest BCUT2D eigenvalue weighted by Gasteiger charge is -2.42. The number of phenolic OH excluding ortho intramolecular Hbond substituents is 3. The first-order chi connectivity index (χ1) is 22.2. The number of hydrogen-bond acceptors (Lipinski definition) is 15. The number of aliphatic hydroxyl groups excluding tert-OH is 6. The van der Waals surface area contributed by atoms with E-state index in [0.717, 1.165) is 5.57 Å². The minimum absolute atomic E-state index is 0.00855. The van der Waals surface area contributed by atoms with Crippen LogP contribution in [0.1, 0.15) is 54.8 Å². The highest BCUT2D eigenvalue weighted by atomic mass is 16.7. The van der Waals surface area contributed by atoms with Crippen LogP contribution >= 0.6 is 0 Å². The Kier molecular flexibility index (Phi) is 10.3. The highest BCUT2D eigenvalue weighted by molar-refractivity contribution is 6.04. The molecule has 3 aliphatic rings. The molecule has 2 fully saturated rings. The van der Waals surface area contributed by atoms with Crippen LogP contribution in [0.2, 0.25) is 0 Å². The number of hydrogen-bond donors (Lipinski definition) is 9. The number of aliphatic hydroxyl groups is 6. The second-order valence-electron chi connectivity index (χ2n) is 12.2. The minimum atomic E-state index is -1.93. The summed E-state index contributed by atoms with van der Waals surface area (Å²) in [6, 6.07) is 6.02. The van der Waals surface area contributed by atoms with Gasteiger partial charge in [0.05, 0.1) is 19.1 Å². The Morgan fingerprint density at radius 2 is 1.49 bits per heavy atom. The monoisotopic (exact) mass is 664 g/mol. The standard InChI is InChI=1S/C32H40O15/c1-12(2)4-9-16-22(36)26(40)30(20-17(34)10-18(45-29(16)20)14-5-7-15(33)8-6-14)47-32-28(42)25(39)23(37)19(46-32)11-43-31-27(41)24(38)21(35)13(3)44-31/h4-8,13,18-19,21,23-25,27-28,31-33,35-42H,9-11H2,1-3H3/t13-,18-,19+,21-,23+,24+,25-,27+,28+,31+,32-/m0/s1. The molecule has 11 atom stereocenters. The van der Waals surface area contributed by atoms with Crippen LogP contribution in [-0.4, -0.2) is 120 Å². The molecule has 5 rings (SSSR count). The van der Waals surface area contributed by atoms with E-state index in [1.807, 2.05) is 13.8 Å². The van der Waals surface area contributed by atoms with Gasteiger partial charge in [-0.2, -0.15) is 0 Å². The van der Waals surface area contributed by atoms with Crippen LogP contribution in [0.4, 0.5) is 0 Å². The highest BCUT2D eigenvalue weighted by Crippen LogP contribution is 2.52. The molecule has 47 heavy (non-hydrogen) atoms. The summed E-state index contributed by atoms with van der Waals surface area (Å²) in [6.07, 6.45) is -15.1. The van der Waals surface area contributed by atoms with Crippen molar-refractivity contribution < 1.29 is 74.4 Å². The van der Waals surface area contributed by atoms with Crippen molar-refractivity contribution in [2.24, 2.45) is 0 Å². The van der Waals surface area contributed by atoms with E-state index in [1.54, 1.807) is 18.2 Å². The lowest BCUT2D eigenvalue weighted by Crippen LogP contribution is -2.61. The Bertz CT molecular complexity index is 1470. The van der Waals surface area contributed by atoms with E-state index in [-0.39, 0.29) is 35.5 Å². The van der Waals surface area contributed by atoms with Crippen molar-refractivity contribution >= 4 is 5.78 Å². The molecule has 2 saturated heterocycles. The van der Waals surface area contributed by atoms with Crippen molar-refractivity contribution in [2.45, 2.75) is 101 Å². The summed E-state index contributed by atoms with van der Waals surface area (Å²) in [4.78, 5) is 13.7. The highest BCUT2D eigenvalue weighted by Gasteiger charge is 2.48. The maximum absolute atomic E-state index is 13.7. The minimum Gasteiger partial charge on any atom is -0.508 e. The van der Waals surface area contributed by atoms with Crippen molar-refractivity contribution in [3.05, 3.63) is 52.6 Å². The second kappa shape index (κ2) is 13.9. The zero-order chi connectivity index (χ0) is 34.3. The number of phenols is 3. The maximum atomic E-state index is 13.7. The number of benzene rings is 2. The van der Waals surface area contributed by atoms with Crippen LogP contribution in [0, 0.1) is 0 Å². The SMILES string of the molecule is CC(C)=CCc1c(O)c(O)c(O[C@@H]2O[C@H](CO[C@@H]3O[C@@H](C)[C@H](O)[C@@H](O)[C@H]3O)[C@@H](O)[C@H](O)[C@H]2O)c2c1O[C@H](c1ccc(O)cc1)CC2=O. The molecule has 3 aliphatic heterocycles. The van der Waals surface area contributed by atoms with E-state index < -0.39 is 97.2 Å². The zero-order valence-electron chi connectivity index (χ0n) is 25.8. The number of fused-ring (bicyclic) bond motifs is 1. The fraction of sp³-hybridized carbons (Fsp3) is 0.531. The van der Waals surface area contributed by atoms with E-state index in [1.165, 1.54) is 19.1 Å². The van der Waals surface area contributed by atoms with Gasteiger partial charge in [-0.3, -0.25) is 4.79 Å². The van der Waals surface area contributed by atoms with Gasteiger partial charge in [0.25, 0.3) is 0 Å². The fourth-order valence-corrected chi connectivity index (χ4v) is 5.66. The van der Waals surface area contributed by atoms with Crippen molar-refractivity contribution in [1.29, 1.82) is 0 Å². The van der Waals surface area contributed by atoms with E-state index in [4.69, 9.17) is 23.7 Å². The molecule has 0 amide bonds. The smallest absolute Gasteiger partial charge is 0.229 e. The van der Waals surface area contributed by atoms with Gasteiger partial charge >= 0.3 is 0 Å². The number of carbonyl (C=O) groups excluding carboxylic acids is 1. The Labute approximate surface area is 269 Å². The molecule has 2 aromatic rings. The Morgan fingerprint density at radius 3 is 2.15 bits per heavy atom. The number of carbonyl (C=O) groups is 1. The van der Waals surface area contributed by atoms with Gasteiger partial charge in [0.15, 0.2) is 23.6 Å². The Balaban J connectivity index is 1.45. The molecule has 0 unspecified atom stereocenters. The largest absolute Gasteiger partial charge is 0.508 e. The molecule has 0 spiro atoms. The van der Waals surface area contributed by atoms with Crippen LogP contribution in [-0.2, 0) is 20.6 Å². The number of rotatable bonds is 8. The predicted octanol–water partition coefficient (Wildman–Crippen LogP) is 0.0491. The van der Waals surface area contributed by atoms with Crippen LogP contribution in [0.3, 0.4) is 0 Å². The molecule has 0 saturated carbocycles. The summed E-state index contributed by atoms with van der Waals surface area (Å²) in [5.74, 6) is -2.76. The number of ketones is 1. The van der Waals surface area contributed by atoms with E-state index in [0.29, 0.717) is 5.56 Å². The lowest BCUT2D eigenvalue weighted by atomic mass is 9.91. The molecule has 0 radical (unpaired) electrons. The van der Waals surface area contributed by atoms with Crippen LogP contribution < -0.4 is 9.47 Å². The average Bonchev–Trinajstić information content (AvgIpc) is 3.03. The van der Waals surface area contributed by atoms with Gasteiger partial charge in [-0.05, 0) is 44.9 Å². The van der Waals surface area contributed by atoms with Crippen molar-refractivity contribution in [2.75, 3.05) is 6.61 Å². The zero-order valence-corrected chi connectivity index (χ0v) is 25.8. The summed E-state index contributed by atoms with van der Waals surface area (Å²) in [5.41, 5.74) is 1.26. The quantitative estimate of drug-likeness (QED) is 0.134. The number of aromatic hydroxyl groups is 3. The molecular formula is C32H40O15. The van der Waals surface area contributed by atoms with Gasteiger partial charge in [0, 0.05) is 5.56 Å². The predicted molar refractivity (Wildman–Crippen MR) is 159 cm³/mol. The molecule has 15 heteroatoms. The fourth-order valence-electron chi connectivity index (χ4n) is 5.66. The third-order valence-corrected chi connectivity index (χ3v) is 8.48. The summed E-state index contributed by atoms with van der Waals surface area (Å²) >= 11 is 0. The van der Waals surface area contributed by atoms with Gasteiger partial charge < -0.3 is 69.6 Å².